The molecule has 1 heterocycles. The highest BCUT2D eigenvalue weighted by atomic mass is 15.3. The molecule has 21 heavy (non-hydrogen) atoms. The van der Waals surface area contributed by atoms with E-state index in [9.17, 15) is 0 Å². The highest BCUT2D eigenvalue weighted by Gasteiger charge is 2.19. The Morgan fingerprint density at radius 3 is 2.57 bits per heavy atom. The first-order valence-corrected chi connectivity index (χ1v) is 7.55. The van der Waals surface area contributed by atoms with Gasteiger partial charge in [0.2, 0.25) is 0 Å². The van der Waals surface area contributed by atoms with Crippen molar-refractivity contribution in [2.24, 2.45) is 11.1 Å². The molecule has 4 nitrogen and oxygen atoms in total. The Bertz CT molecular complexity index is 545. The van der Waals surface area contributed by atoms with Crippen LogP contribution in [0.25, 0.3) is 5.69 Å². The molecule has 2 aromatic rings. The number of nitrogens with two attached hydrogens (primary N) is 1. The summed E-state index contributed by atoms with van der Waals surface area (Å²) in [5.74, 6) is 0. The maximum absolute atomic E-state index is 5.84. The smallest absolute Gasteiger partial charge is 0.0645 e. The molecule has 0 fully saturated rings. The van der Waals surface area contributed by atoms with Gasteiger partial charge >= 0.3 is 0 Å². The molecule has 0 saturated carbocycles. The monoisotopic (exact) mass is 286 g/mol. The van der Waals surface area contributed by atoms with Crippen LogP contribution in [0.3, 0.4) is 0 Å². The maximum atomic E-state index is 5.84. The van der Waals surface area contributed by atoms with Crippen molar-refractivity contribution in [1.82, 2.24) is 14.7 Å². The van der Waals surface area contributed by atoms with E-state index in [1.807, 2.05) is 29.1 Å². The minimum absolute atomic E-state index is 0.144. The van der Waals surface area contributed by atoms with E-state index < -0.39 is 0 Å². The summed E-state index contributed by atoms with van der Waals surface area (Å²) in [5, 5.41) is 4.46. The molecular weight excluding hydrogens is 260 g/mol. The third-order valence-electron chi connectivity index (χ3n) is 3.71. The Kier molecular flexibility index (Phi) is 5.15. The fourth-order valence-corrected chi connectivity index (χ4v) is 2.37. The molecule has 2 N–H and O–H groups in total. The molecule has 114 valence electrons. The quantitative estimate of drug-likeness (QED) is 0.851. The standard InChI is InChI=1S/C17H26N4/c1-4-20(14-17(2,3)13-18)11-15-10-19-21(12-15)16-8-6-5-7-9-16/h5-10,12H,4,11,13-14,18H2,1-3H3. The van der Waals surface area contributed by atoms with E-state index in [0.717, 1.165) is 25.3 Å². The van der Waals surface area contributed by atoms with Gasteiger partial charge in [0, 0.05) is 24.8 Å². The van der Waals surface area contributed by atoms with Crippen molar-refractivity contribution >= 4 is 0 Å². The summed E-state index contributed by atoms with van der Waals surface area (Å²) in [6, 6.07) is 10.2. The van der Waals surface area contributed by atoms with Crippen molar-refractivity contribution in [3.05, 3.63) is 48.3 Å². The molecule has 0 atom stereocenters. The van der Waals surface area contributed by atoms with E-state index in [1.165, 1.54) is 5.56 Å². The van der Waals surface area contributed by atoms with Crippen molar-refractivity contribution in [1.29, 1.82) is 0 Å². The Morgan fingerprint density at radius 2 is 1.95 bits per heavy atom. The first kappa shape index (κ1) is 15.7. The molecule has 0 unspecified atom stereocenters. The predicted octanol–water partition coefficient (Wildman–Crippen LogP) is 2.68. The molecule has 0 radical (unpaired) electrons. The largest absolute Gasteiger partial charge is 0.330 e. The van der Waals surface area contributed by atoms with Gasteiger partial charge in [-0.15, -0.1) is 0 Å². The van der Waals surface area contributed by atoms with Gasteiger partial charge in [-0.05, 0) is 30.6 Å². The Labute approximate surface area is 127 Å². The predicted molar refractivity (Wildman–Crippen MR) is 87.4 cm³/mol. The van der Waals surface area contributed by atoms with Crippen LogP contribution in [-0.2, 0) is 6.54 Å². The Balaban J connectivity index is 2.04. The van der Waals surface area contributed by atoms with Crippen LogP contribution < -0.4 is 5.73 Å². The topological polar surface area (TPSA) is 47.1 Å². The summed E-state index contributed by atoms with van der Waals surface area (Å²) in [6.45, 7) is 10.2. The second kappa shape index (κ2) is 6.87. The second-order valence-electron chi connectivity index (χ2n) is 6.30. The number of hydrogen-bond acceptors (Lipinski definition) is 3. The molecule has 0 saturated heterocycles. The minimum Gasteiger partial charge on any atom is -0.330 e. The van der Waals surface area contributed by atoms with Crippen molar-refractivity contribution in [2.75, 3.05) is 19.6 Å². The van der Waals surface area contributed by atoms with E-state index in [2.05, 4.69) is 49.1 Å². The zero-order chi connectivity index (χ0) is 15.3. The SMILES string of the molecule is CCN(Cc1cnn(-c2ccccc2)c1)CC(C)(C)CN. The summed E-state index contributed by atoms with van der Waals surface area (Å²) in [6.07, 6.45) is 4.05. The van der Waals surface area contributed by atoms with Crippen LogP contribution in [0.2, 0.25) is 0 Å². The average Bonchev–Trinajstić information content (AvgIpc) is 2.96. The molecule has 2 rings (SSSR count). The van der Waals surface area contributed by atoms with Crippen LogP contribution in [0.15, 0.2) is 42.7 Å². The van der Waals surface area contributed by atoms with Crippen LogP contribution in [-0.4, -0.2) is 34.3 Å². The van der Waals surface area contributed by atoms with Gasteiger partial charge in [0.1, 0.15) is 0 Å². The number of rotatable bonds is 7. The molecule has 1 aromatic carbocycles. The van der Waals surface area contributed by atoms with Crippen molar-refractivity contribution in [3.63, 3.8) is 0 Å². The average molecular weight is 286 g/mol. The van der Waals surface area contributed by atoms with Gasteiger partial charge in [0.05, 0.1) is 11.9 Å². The van der Waals surface area contributed by atoms with Crippen molar-refractivity contribution in [2.45, 2.75) is 27.3 Å². The van der Waals surface area contributed by atoms with Gasteiger partial charge in [-0.3, -0.25) is 4.90 Å². The normalized spacial score (nSPS) is 12.0. The molecular formula is C17H26N4. The molecule has 0 aliphatic rings. The summed E-state index contributed by atoms with van der Waals surface area (Å²) < 4.78 is 1.93. The van der Waals surface area contributed by atoms with Crippen LogP contribution in [0.1, 0.15) is 26.3 Å². The highest BCUT2D eigenvalue weighted by molar-refractivity contribution is 5.30. The number of para-hydroxylation sites is 1. The lowest BCUT2D eigenvalue weighted by Gasteiger charge is -2.30. The van der Waals surface area contributed by atoms with Crippen LogP contribution in [0.5, 0.6) is 0 Å². The zero-order valence-corrected chi connectivity index (χ0v) is 13.3. The molecule has 4 heteroatoms. The summed E-state index contributed by atoms with van der Waals surface area (Å²) in [4.78, 5) is 2.42. The molecule has 0 bridgehead atoms. The lowest BCUT2D eigenvalue weighted by Crippen LogP contribution is -2.38. The minimum atomic E-state index is 0.144. The first-order chi connectivity index (χ1) is 10.0. The van der Waals surface area contributed by atoms with Gasteiger partial charge in [0.15, 0.2) is 0 Å². The van der Waals surface area contributed by atoms with E-state index >= 15 is 0 Å². The third-order valence-corrected chi connectivity index (χ3v) is 3.71. The first-order valence-electron chi connectivity index (χ1n) is 7.55. The number of benzene rings is 1. The van der Waals surface area contributed by atoms with Gasteiger partial charge in [0.25, 0.3) is 0 Å². The van der Waals surface area contributed by atoms with Gasteiger partial charge in [-0.2, -0.15) is 5.10 Å². The molecule has 0 amide bonds. The highest BCUT2D eigenvalue weighted by Crippen LogP contribution is 2.17. The van der Waals surface area contributed by atoms with E-state index in [4.69, 9.17) is 5.73 Å². The molecule has 0 aliphatic carbocycles. The maximum Gasteiger partial charge on any atom is 0.0645 e. The lowest BCUT2D eigenvalue weighted by atomic mass is 9.93. The third kappa shape index (κ3) is 4.41. The summed E-state index contributed by atoms with van der Waals surface area (Å²) in [5.41, 5.74) is 8.31. The van der Waals surface area contributed by atoms with Crippen molar-refractivity contribution in [3.8, 4) is 5.69 Å². The van der Waals surface area contributed by atoms with Crippen LogP contribution in [0, 0.1) is 5.41 Å². The fraction of sp³-hybridized carbons (Fsp3) is 0.471. The molecule has 0 aliphatic heterocycles. The van der Waals surface area contributed by atoms with E-state index in [-0.39, 0.29) is 5.41 Å². The summed E-state index contributed by atoms with van der Waals surface area (Å²) in [7, 11) is 0. The van der Waals surface area contributed by atoms with Gasteiger partial charge < -0.3 is 5.73 Å². The number of hydrogen-bond donors (Lipinski definition) is 1. The van der Waals surface area contributed by atoms with Crippen LogP contribution in [0.4, 0.5) is 0 Å². The lowest BCUT2D eigenvalue weighted by molar-refractivity contribution is 0.183. The Hall–Kier alpha value is -1.65. The zero-order valence-electron chi connectivity index (χ0n) is 13.3. The van der Waals surface area contributed by atoms with E-state index in [0.29, 0.717) is 6.54 Å². The van der Waals surface area contributed by atoms with Crippen LogP contribution >= 0.6 is 0 Å². The molecule has 0 spiro atoms. The van der Waals surface area contributed by atoms with E-state index in [1.54, 1.807) is 0 Å². The molecule has 1 aromatic heterocycles. The fourth-order valence-electron chi connectivity index (χ4n) is 2.37. The van der Waals surface area contributed by atoms with Gasteiger partial charge in [-0.25, -0.2) is 4.68 Å². The number of nitrogens with zero attached hydrogens (tertiary/aromatic N) is 3. The summed E-state index contributed by atoms with van der Waals surface area (Å²) >= 11 is 0. The Morgan fingerprint density at radius 1 is 1.24 bits per heavy atom. The number of aromatic nitrogens is 2. The second-order valence-corrected chi connectivity index (χ2v) is 6.30. The van der Waals surface area contributed by atoms with Gasteiger partial charge in [-0.1, -0.05) is 39.0 Å². The van der Waals surface area contributed by atoms with Crippen molar-refractivity contribution < 1.29 is 0 Å².